The van der Waals surface area contributed by atoms with E-state index in [1.807, 2.05) is 12.1 Å². The van der Waals surface area contributed by atoms with Crippen LogP contribution in [0.3, 0.4) is 0 Å². The van der Waals surface area contributed by atoms with Gasteiger partial charge in [0.25, 0.3) is 5.56 Å². The summed E-state index contributed by atoms with van der Waals surface area (Å²) in [5.74, 6) is 0.533. The SMILES string of the molecule is CN1CCN(c2ccc3nc(C4=NOC5(CCN(C)CC5)C4)[nH]c(=O)c3c2)CC1. The smallest absolute Gasteiger partial charge is 0.259 e. The topological polar surface area (TPSA) is 77.1 Å². The van der Waals surface area contributed by atoms with Crippen molar-refractivity contribution in [3.05, 3.63) is 34.4 Å². The second-order valence-electron chi connectivity index (χ2n) is 8.70. The van der Waals surface area contributed by atoms with Crippen molar-refractivity contribution in [2.45, 2.75) is 24.9 Å². The summed E-state index contributed by atoms with van der Waals surface area (Å²) in [5, 5.41) is 4.93. The normalized spacial score (nSPS) is 22.8. The van der Waals surface area contributed by atoms with Gasteiger partial charge in [-0.2, -0.15) is 0 Å². The second kappa shape index (κ2) is 7.11. The molecule has 8 nitrogen and oxygen atoms in total. The van der Waals surface area contributed by atoms with Crippen molar-refractivity contribution in [1.82, 2.24) is 19.8 Å². The van der Waals surface area contributed by atoms with Crippen LogP contribution in [0.15, 0.2) is 28.1 Å². The average molecular weight is 396 g/mol. The number of anilines is 1. The van der Waals surface area contributed by atoms with Gasteiger partial charge in [0.05, 0.1) is 10.9 Å². The molecular formula is C21H28N6O2. The van der Waals surface area contributed by atoms with Crippen molar-refractivity contribution in [3.63, 3.8) is 0 Å². The van der Waals surface area contributed by atoms with E-state index < -0.39 is 0 Å². The molecule has 1 aromatic heterocycles. The molecule has 0 amide bonds. The Morgan fingerprint density at radius 2 is 1.76 bits per heavy atom. The molecular weight excluding hydrogens is 368 g/mol. The molecule has 1 aromatic carbocycles. The molecule has 8 heteroatoms. The average Bonchev–Trinajstić information content (AvgIpc) is 3.15. The summed E-state index contributed by atoms with van der Waals surface area (Å²) in [6.45, 7) is 6.00. The van der Waals surface area contributed by atoms with Gasteiger partial charge in [0.15, 0.2) is 5.82 Å². The van der Waals surface area contributed by atoms with E-state index in [4.69, 9.17) is 9.82 Å². The van der Waals surface area contributed by atoms with Gasteiger partial charge in [-0.15, -0.1) is 0 Å². The molecule has 5 rings (SSSR count). The van der Waals surface area contributed by atoms with Crippen LogP contribution in [0.2, 0.25) is 0 Å². The summed E-state index contributed by atoms with van der Waals surface area (Å²) in [6, 6.07) is 5.97. The third-order valence-electron chi connectivity index (χ3n) is 6.57. The molecule has 0 aliphatic carbocycles. The van der Waals surface area contributed by atoms with Gasteiger partial charge in [0.2, 0.25) is 0 Å². The number of piperidine rings is 1. The van der Waals surface area contributed by atoms with Crippen LogP contribution in [0, 0.1) is 0 Å². The zero-order valence-corrected chi connectivity index (χ0v) is 17.1. The van der Waals surface area contributed by atoms with Crippen LogP contribution in [-0.4, -0.2) is 84.4 Å². The van der Waals surface area contributed by atoms with Crippen LogP contribution in [-0.2, 0) is 4.84 Å². The highest BCUT2D eigenvalue weighted by Gasteiger charge is 2.42. The van der Waals surface area contributed by atoms with Gasteiger partial charge in [0, 0.05) is 64.2 Å². The third kappa shape index (κ3) is 3.51. The summed E-state index contributed by atoms with van der Waals surface area (Å²) in [6.07, 6.45) is 2.60. The number of nitrogens with one attached hydrogen (secondary N) is 1. The number of oxime groups is 1. The fraction of sp³-hybridized carbons (Fsp3) is 0.571. The number of piperazine rings is 1. The lowest BCUT2D eigenvalue weighted by molar-refractivity contribution is -0.0578. The van der Waals surface area contributed by atoms with Crippen LogP contribution < -0.4 is 10.5 Å². The largest absolute Gasteiger partial charge is 0.388 e. The summed E-state index contributed by atoms with van der Waals surface area (Å²) in [4.78, 5) is 33.3. The van der Waals surface area contributed by atoms with Crippen LogP contribution in [0.5, 0.6) is 0 Å². The van der Waals surface area contributed by atoms with Crippen molar-refractivity contribution in [2.75, 3.05) is 58.3 Å². The first-order chi connectivity index (χ1) is 14.0. The summed E-state index contributed by atoms with van der Waals surface area (Å²) in [7, 11) is 4.27. The van der Waals surface area contributed by atoms with Gasteiger partial charge < -0.3 is 24.5 Å². The lowest BCUT2D eigenvalue weighted by Gasteiger charge is -2.35. The molecule has 1 spiro atoms. The number of benzene rings is 1. The third-order valence-corrected chi connectivity index (χ3v) is 6.57. The number of likely N-dealkylation sites (tertiary alicyclic amines) is 1. The molecule has 0 atom stereocenters. The number of hydrogen-bond acceptors (Lipinski definition) is 7. The van der Waals surface area contributed by atoms with Gasteiger partial charge in [-0.05, 0) is 32.3 Å². The standard InChI is InChI=1S/C21H28N6O2/c1-25-7-5-21(6-8-25)14-18(24-29-21)19-22-17-4-3-15(13-16(17)20(28)23-19)27-11-9-26(2)10-12-27/h3-4,13H,5-12,14H2,1-2H3,(H,22,23,28). The minimum Gasteiger partial charge on any atom is -0.388 e. The first kappa shape index (κ1) is 18.6. The molecule has 3 aliphatic rings. The van der Waals surface area contributed by atoms with Crippen molar-refractivity contribution in [1.29, 1.82) is 0 Å². The Morgan fingerprint density at radius 3 is 2.52 bits per heavy atom. The quantitative estimate of drug-likeness (QED) is 0.824. The molecule has 0 saturated carbocycles. The molecule has 0 unspecified atom stereocenters. The van der Waals surface area contributed by atoms with Crippen LogP contribution in [0.4, 0.5) is 5.69 Å². The molecule has 3 aliphatic heterocycles. The maximum absolute atomic E-state index is 12.8. The second-order valence-corrected chi connectivity index (χ2v) is 8.70. The Hall–Kier alpha value is -2.45. The van der Waals surface area contributed by atoms with E-state index in [9.17, 15) is 4.79 Å². The molecule has 4 heterocycles. The van der Waals surface area contributed by atoms with E-state index in [-0.39, 0.29) is 11.2 Å². The molecule has 2 fully saturated rings. The Morgan fingerprint density at radius 1 is 1.03 bits per heavy atom. The molecule has 2 aromatic rings. The molecule has 2 saturated heterocycles. The van der Waals surface area contributed by atoms with Crippen LogP contribution in [0.25, 0.3) is 10.9 Å². The van der Waals surface area contributed by atoms with Crippen molar-refractivity contribution < 1.29 is 4.84 Å². The molecule has 29 heavy (non-hydrogen) atoms. The minimum absolute atomic E-state index is 0.118. The monoisotopic (exact) mass is 396 g/mol. The van der Waals surface area contributed by atoms with Gasteiger partial charge in [-0.3, -0.25) is 4.79 Å². The summed E-state index contributed by atoms with van der Waals surface area (Å²) >= 11 is 0. The van der Waals surface area contributed by atoms with Crippen molar-refractivity contribution in [3.8, 4) is 0 Å². The highest BCUT2D eigenvalue weighted by molar-refractivity contribution is 6.00. The number of fused-ring (bicyclic) bond motifs is 1. The highest BCUT2D eigenvalue weighted by Crippen LogP contribution is 2.35. The Bertz CT molecular complexity index is 1000. The van der Waals surface area contributed by atoms with E-state index in [0.717, 1.165) is 63.5 Å². The maximum Gasteiger partial charge on any atom is 0.259 e. The Kier molecular flexibility index (Phi) is 4.55. The summed E-state index contributed by atoms with van der Waals surface area (Å²) in [5.41, 5.74) is 2.18. The molecule has 1 N–H and O–H groups in total. The number of H-pyrrole nitrogens is 1. The van der Waals surface area contributed by atoms with Gasteiger partial charge in [-0.25, -0.2) is 4.98 Å². The van der Waals surface area contributed by atoms with Crippen molar-refractivity contribution >= 4 is 22.3 Å². The predicted octanol–water partition coefficient (Wildman–Crippen LogP) is 1.26. The fourth-order valence-electron chi connectivity index (χ4n) is 4.47. The van der Waals surface area contributed by atoms with E-state index in [1.54, 1.807) is 0 Å². The number of nitrogens with zero attached hydrogens (tertiary/aromatic N) is 5. The number of aromatic nitrogens is 2. The number of rotatable bonds is 2. The fourth-order valence-corrected chi connectivity index (χ4v) is 4.47. The molecule has 0 bridgehead atoms. The van der Waals surface area contributed by atoms with Gasteiger partial charge in [-0.1, -0.05) is 5.16 Å². The number of likely N-dealkylation sites (N-methyl/N-ethyl adjacent to an activating group) is 1. The maximum atomic E-state index is 12.8. The van der Waals surface area contributed by atoms with Crippen molar-refractivity contribution in [2.24, 2.45) is 5.16 Å². The van der Waals surface area contributed by atoms with E-state index in [0.29, 0.717) is 23.1 Å². The van der Waals surface area contributed by atoms with E-state index in [1.165, 1.54) is 0 Å². The lowest BCUT2D eigenvalue weighted by atomic mass is 9.87. The molecule has 0 radical (unpaired) electrons. The summed E-state index contributed by atoms with van der Waals surface area (Å²) < 4.78 is 0. The zero-order chi connectivity index (χ0) is 20.0. The first-order valence-electron chi connectivity index (χ1n) is 10.4. The number of aromatic amines is 1. The lowest BCUT2D eigenvalue weighted by Crippen LogP contribution is -2.44. The predicted molar refractivity (Wildman–Crippen MR) is 114 cm³/mol. The van der Waals surface area contributed by atoms with Crippen LogP contribution >= 0.6 is 0 Å². The van der Waals surface area contributed by atoms with E-state index >= 15 is 0 Å². The Balaban J connectivity index is 1.39. The highest BCUT2D eigenvalue weighted by atomic mass is 16.7. The number of hydrogen-bond donors (Lipinski definition) is 1. The zero-order valence-electron chi connectivity index (χ0n) is 17.1. The first-order valence-corrected chi connectivity index (χ1v) is 10.4. The Labute approximate surface area is 170 Å². The minimum atomic E-state index is -0.235. The molecule has 154 valence electrons. The van der Waals surface area contributed by atoms with Crippen LogP contribution in [0.1, 0.15) is 25.1 Å². The van der Waals surface area contributed by atoms with E-state index in [2.05, 4.69) is 45.0 Å². The van der Waals surface area contributed by atoms with Gasteiger partial charge in [0.1, 0.15) is 11.3 Å². The van der Waals surface area contributed by atoms with Gasteiger partial charge >= 0.3 is 0 Å².